The number of aromatic nitrogens is 4. The zero-order valence-electron chi connectivity index (χ0n) is 17.2. The molecule has 0 bridgehead atoms. The van der Waals surface area contributed by atoms with Gasteiger partial charge in [-0.05, 0) is 39.8 Å². The van der Waals surface area contributed by atoms with E-state index in [1.54, 1.807) is 15.6 Å². The van der Waals surface area contributed by atoms with Gasteiger partial charge in [-0.15, -0.1) is 0 Å². The second-order valence-corrected chi connectivity index (χ2v) is 8.76. The van der Waals surface area contributed by atoms with Crippen molar-refractivity contribution in [2.75, 3.05) is 6.54 Å². The minimum Gasteiger partial charge on any atom is -0.444 e. The fourth-order valence-electron chi connectivity index (χ4n) is 3.60. The van der Waals surface area contributed by atoms with E-state index in [2.05, 4.69) is 15.3 Å². The number of aromatic amines is 1. The number of nitrogens with one attached hydrogen (secondary N) is 1. The van der Waals surface area contributed by atoms with E-state index in [0.717, 1.165) is 16.6 Å². The van der Waals surface area contributed by atoms with Crippen molar-refractivity contribution in [1.29, 1.82) is 0 Å². The Labute approximate surface area is 178 Å². The first-order chi connectivity index (χ1) is 14.0. The zero-order valence-corrected chi connectivity index (χ0v) is 18.0. The predicted molar refractivity (Wildman–Crippen MR) is 112 cm³/mol. The molecule has 0 aliphatic carbocycles. The molecule has 0 unspecified atom stereocenters. The first-order valence-electron chi connectivity index (χ1n) is 9.57. The van der Waals surface area contributed by atoms with Crippen molar-refractivity contribution in [2.45, 2.75) is 46.4 Å². The average molecular weight is 431 g/mol. The quantitative estimate of drug-likeness (QED) is 0.646. The summed E-state index contributed by atoms with van der Waals surface area (Å²) in [5.74, 6) is -0.613. The number of benzene rings is 1. The number of fused-ring (bicyclic) bond motifs is 2. The van der Waals surface area contributed by atoms with Gasteiger partial charge in [0.2, 0.25) is 0 Å². The Morgan fingerprint density at radius 1 is 1.27 bits per heavy atom. The number of halogens is 1. The van der Waals surface area contributed by atoms with Crippen LogP contribution in [0.15, 0.2) is 12.1 Å². The number of nitrogens with two attached hydrogens (primary N) is 1. The number of H-pyrrole nitrogens is 1. The summed E-state index contributed by atoms with van der Waals surface area (Å²) in [6.45, 7) is 8.32. The van der Waals surface area contributed by atoms with Gasteiger partial charge in [-0.3, -0.25) is 14.6 Å². The van der Waals surface area contributed by atoms with Gasteiger partial charge < -0.3 is 15.4 Å². The number of rotatable bonds is 2. The number of amides is 2. The molecule has 3 aromatic rings. The second kappa shape index (κ2) is 7.02. The Morgan fingerprint density at radius 2 is 2.00 bits per heavy atom. The highest BCUT2D eigenvalue weighted by atomic mass is 35.5. The predicted octanol–water partition coefficient (Wildman–Crippen LogP) is 3.24. The van der Waals surface area contributed by atoms with E-state index in [4.69, 9.17) is 22.1 Å². The molecule has 0 spiro atoms. The Balaban J connectivity index is 1.77. The van der Waals surface area contributed by atoms with Crippen LogP contribution < -0.4 is 5.73 Å². The summed E-state index contributed by atoms with van der Waals surface area (Å²) in [4.78, 5) is 26.4. The summed E-state index contributed by atoms with van der Waals surface area (Å²) in [6.07, 6.45) is -0.439. The molecule has 30 heavy (non-hydrogen) atoms. The number of primary amides is 1. The summed E-state index contributed by atoms with van der Waals surface area (Å²) >= 11 is 6.42. The summed E-state index contributed by atoms with van der Waals surface area (Å²) in [5.41, 5.74) is 8.58. The molecular formula is C20H23ClN6O3. The average Bonchev–Trinajstić information content (AvgIpc) is 3.21. The molecule has 0 fully saturated rings. The monoisotopic (exact) mass is 430 g/mol. The number of ether oxygens (including phenoxy) is 1. The summed E-state index contributed by atoms with van der Waals surface area (Å²) < 4.78 is 7.18. The van der Waals surface area contributed by atoms with Gasteiger partial charge in [0, 0.05) is 17.5 Å². The van der Waals surface area contributed by atoms with E-state index < -0.39 is 17.6 Å². The maximum atomic E-state index is 12.5. The Morgan fingerprint density at radius 3 is 2.67 bits per heavy atom. The maximum absolute atomic E-state index is 12.5. The fourth-order valence-corrected chi connectivity index (χ4v) is 3.86. The SMILES string of the molecule is Cc1n[nH]c2c(Cl)cc(-c3nn4c(c3C(N)=O)CN(C(=O)OC(C)(C)C)CC4)cc12. The van der Waals surface area contributed by atoms with Gasteiger partial charge in [0.05, 0.1) is 40.6 Å². The van der Waals surface area contributed by atoms with Gasteiger partial charge in [0.25, 0.3) is 5.91 Å². The van der Waals surface area contributed by atoms with Crippen LogP contribution in [-0.4, -0.2) is 49.0 Å². The molecule has 0 radical (unpaired) electrons. The highest BCUT2D eigenvalue weighted by Crippen LogP contribution is 2.34. The van der Waals surface area contributed by atoms with Crippen LogP contribution >= 0.6 is 11.6 Å². The van der Waals surface area contributed by atoms with Crippen molar-refractivity contribution in [3.05, 3.63) is 34.1 Å². The van der Waals surface area contributed by atoms with E-state index >= 15 is 0 Å². The van der Waals surface area contributed by atoms with Crippen LogP contribution in [0.3, 0.4) is 0 Å². The van der Waals surface area contributed by atoms with Crippen molar-refractivity contribution in [3.8, 4) is 11.3 Å². The van der Waals surface area contributed by atoms with E-state index in [9.17, 15) is 9.59 Å². The van der Waals surface area contributed by atoms with Crippen molar-refractivity contribution in [3.63, 3.8) is 0 Å². The van der Waals surface area contributed by atoms with Crippen molar-refractivity contribution in [1.82, 2.24) is 24.9 Å². The summed E-state index contributed by atoms with van der Waals surface area (Å²) in [6, 6.07) is 3.61. The minimum absolute atomic E-state index is 0.181. The van der Waals surface area contributed by atoms with Crippen molar-refractivity contribution < 1.29 is 14.3 Å². The van der Waals surface area contributed by atoms with Crippen LogP contribution in [0, 0.1) is 6.92 Å². The van der Waals surface area contributed by atoms with E-state index in [-0.39, 0.29) is 12.1 Å². The first kappa shape index (κ1) is 20.2. The number of hydrogen-bond donors (Lipinski definition) is 2. The zero-order chi connectivity index (χ0) is 21.8. The Kier molecular flexibility index (Phi) is 4.73. The van der Waals surface area contributed by atoms with Crippen molar-refractivity contribution >= 4 is 34.5 Å². The van der Waals surface area contributed by atoms with Gasteiger partial charge in [-0.1, -0.05) is 11.6 Å². The summed E-state index contributed by atoms with van der Waals surface area (Å²) in [7, 11) is 0. The van der Waals surface area contributed by atoms with Gasteiger partial charge in [0.1, 0.15) is 11.3 Å². The second-order valence-electron chi connectivity index (χ2n) is 8.35. The van der Waals surface area contributed by atoms with Gasteiger partial charge in [0.15, 0.2) is 0 Å². The fraction of sp³-hybridized carbons (Fsp3) is 0.400. The van der Waals surface area contributed by atoms with Crippen LogP contribution in [0.1, 0.15) is 42.5 Å². The Bertz CT molecular complexity index is 1170. The molecule has 10 heteroatoms. The molecule has 3 N–H and O–H groups in total. The number of hydrogen-bond acceptors (Lipinski definition) is 5. The molecule has 2 aromatic heterocycles. The summed E-state index contributed by atoms with van der Waals surface area (Å²) in [5, 5.41) is 13.0. The molecule has 158 valence electrons. The van der Waals surface area contributed by atoms with E-state index in [0.29, 0.717) is 35.1 Å². The first-order valence-corrected chi connectivity index (χ1v) is 9.95. The van der Waals surface area contributed by atoms with Crippen LogP contribution in [0.25, 0.3) is 22.2 Å². The third-order valence-corrected chi connectivity index (χ3v) is 5.27. The lowest BCUT2D eigenvalue weighted by Gasteiger charge is -2.30. The lowest BCUT2D eigenvalue weighted by molar-refractivity contribution is 0.0193. The normalized spacial score (nSPS) is 14.1. The third kappa shape index (κ3) is 3.49. The van der Waals surface area contributed by atoms with Gasteiger partial charge >= 0.3 is 6.09 Å². The Hall–Kier alpha value is -3.07. The molecule has 9 nitrogen and oxygen atoms in total. The molecule has 3 heterocycles. The molecule has 4 rings (SSSR count). The molecule has 1 aliphatic rings. The van der Waals surface area contributed by atoms with E-state index in [1.165, 1.54) is 0 Å². The largest absolute Gasteiger partial charge is 0.444 e. The minimum atomic E-state index is -0.613. The number of aryl methyl sites for hydroxylation is 1. The van der Waals surface area contributed by atoms with Gasteiger partial charge in [-0.2, -0.15) is 10.2 Å². The molecule has 0 saturated carbocycles. The number of carbonyl (C=O) groups excluding carboxylic acids is 2. The smallest absolute Gasteiger partial charge is 0.410 e. The lowest BCUT2D eigenvalue weighted by Crippen LogP contribution is -2.42. The molecule has 1 aliphatic heterocycles. The lowest BCUT2D eigenvalue weighted by atomic mass is 10.0. The number of nitrogens with zero attached hydrogens (tertiary/aromatic N) is 4. The van der Waals surface area contributed by atoms with Crippen LogP contribution in [0.5, 0.6) is 0 Å². The van der Waals surface area contributed by atoms with Crippen LogP contribution in [-0.2, 0) is 17.8 Å². The van der Waals surface area contributed by atoms with E-state index in [1.807, 2.05) is 33.8 Å². The number of carbonyl (C=O) groups is 2. The highest BCUT2D eigenvalue weighted by Gasteiger charge is 2.32. The van der Waals surface area contributed by atoms with Gasteiger partial charge in [-0.25, -0.2) is 4.79 Å². The molecule has 0 atom stereocenters. The van der Waals surface area contributed by atoms with Crippen LogP contribution in [0.2, 0.25) is 5.02 Å². The van der Waals surface area contributed by atoms with Crippen LogP contribution in [0.4, 0.5) is 4.79 Å². The standard InChI is InChI=1S/C20H23ClN6O3/c1-10-12-7-11(8-13(21)17(12)24-23-10)16-15(18(22)28)14-9-26(5-6-27(14)25-16)19(29)30-20(2,3)4/h7-8H,5-6,9H2,1-4H3,(H2,22,28)(H,23,24). The van der Waals surface area contributed by atoms with Crippen molar-refractivity contribution in [2.24, 2.45) is 5.73 Å². The molecule has 0 saturated heterocycles. The topological polar surface area (TPSA) is 119 Å². The molecule has 2 amide bonds. The molecule has 1 aromatic carbocycles. The molecular weight excluding hydrogens is 408 g/mol. The highest BCUT2D eigenvalue weighted by molar-refractivity contribution is 6.35. The third-order valence-electron chi connectivity index (χ3n) is 4.97. The maximum Gasteiger partial charge on any atom is 0.410 e.